The van der Waals surface area contributed by atoms with Gasteiger partial charge in [-0.1, -0.05) is 109 Å². The van der Waals surface area contributed by atoms with Crippen molar-refractivity contribution in [2.24, 2.45) is 0 Å². The molecule has 0 aliphatic carbocycles. The average molecular weight is 510 g/mol. The van der Waals surface area contributed by atoms with Crippen molar-refractivity contribution in [3.05, 3.63) is 132 Å². The zero-order chi connectivity index (χ0) is 25.7. The molecule has 1 N–H and O–H groups in total. The van der Waals surface area contributed by atoms with E-state index < -0.39 is 13.4 Å². The summed E-state index contributed by atoms with van der Waals surface area (Å²) in [6.07, 6.45) is 0. The highest BCUT2D eigenvalue weighted by molar-refractivity contribution is 7.54. The summed E-state index contributed by atoms with van der Waals surface area (Å²) in [5.74, 6) is -0.714. The van der Waals surface area contributed by atoms with Crippen LogP contribution in [0.5, 0.6) is 0 Å². The third-order valence-electron chi connectivity index (χ3n) is 6.61. The first-order chi connectivity index (χ1) is 18.1. The summed E-state index contributed by atoms with van der Waals surface area (Å²) in [5.41, 5.74) is 3.07. The maximum Gasteiger partial charge on any atom is 0.352 e. The molecule has 0 saturated carbocycles. The van der Waals surface area contributed by atoms with Crippen molar-refractivity contribution in [1.29, 1.82) is 0 Å². The van der Waals surface area contributed by atoms with Gasteiger partial charge in [0.25, 0.3) is 0 Å². The lowest BCUT2D eigenvalue weighted by Gasteiger charge is -2.33. The van der Waals surface area contributed by atoms with Crippen LogP contribution in [0.15, 0.2) is 115 Å². The van der Waals surface area contributed by atoms with Gasteiger partial charge in [-0.25, -0.2) is 0 Å². The molecule has 0 saturated heterocycles. The minimum absolute atomic E-state index is 0.237. The Balaban J connectivity index is 1.79. The van der Waals surface area contributed by atoms with Crippen molar-refractivity contribution in [2.45, 2.75) is 25.7 Å². The molecule has 0 fully saturated rings. The number of hydrogen-bond donors (Lipinski definition) is 1. The van der Waals surface area contributed by atoms with Crippen LogP contribution in [-0.4, -0.2) is 13.2 Å². The highest BCUT2D eigenvalue weighted by Crippen LogP contribution is 2.62. The van der Waals surface area contributed by atoms with Crippen LogP contribution >= 0.6 is 7.60 Å². The minimum atomic E-state index is -3.67. The topological polar surface area (TPSA) is 47.6 Å². The summed E-state index contributed by atoms with van der Waals surface area (Å²) >= 11 is 0. The van der Waals surface area contributed by atoms with Gasteiger partial charge in [-0.3, -0.25) is 9.88 Å². The molecule has 0 aromatic heterocycles. The maximum absolute atomic E-state index is 14.7. The smallest absolute Gasteiger partial charge is 0.308 e. The molecule has 4 nitrogen and oxygen atoms in total. The van der Waals surface area contributed by atoms with Crippen molar-refractivity contribution in [3.63, 3.8) is 0 Å². The molecule has 0 heterocycles. The quantitative estimate of drug-likeness (QED) is 0.151. The Morgan fingerprint density at radius 2 is 1.08 bits per heavy atom. The Morgan fingerprint density at radius 3 is 1.54 bits per heavy atom. The van der Waals surface area contributed by atoms with Gasteiger partial charge in [0.05, 0.1) is 19.3 Å². The highest BCUT2D eigenvalue weighted by Gasteiger charge is 2.40. The van der Waals surface area contributed by atoms with Crippen LogP contribution in [0, 0.1) is 0 Å². The number of hydrogen-bond acceptors (Lipinski definition) is 4. The van der Waals surface area contributed by atoms with Crippen molar-refractivity contribution in [1.82, 2.24) is 5.32 Å². The van der Waals surface area contributed by atoms with Crippen molar-refractivity contribution < 1.29 is 13.6 Å². The zero-order valence-electron chi connectivity index (χ0n) is 21.2. The number of fused-ring (bicyclic) bond motifs is 2. The summed E-state index contributed by atoms with van der Waals surface area (Å²) in [5, 5.41) is 8.00. The summed E-state index contributed by atoms with van der Waals surface area (Å²) in [6.45, 7) is 4.27. The molecule has 0 spiro atoms. The standard InChI is InChI=1S/C32H32NO3P/c1-3-35-37(34,36-4-2)32(33-31(24-15-7-5-8-16-24)25-17-9-6-10-18-25)30-28-21-13-11-19-26(28)23-27-20-12-14-22-29(27)30/h5-23,31-33H,3-4H2,1-2H3. The summed E-state index contributed by atoms with van der Waals surface area (Å²) < 4.78 is 26.7. The summed E-state index contributed by atoms with van der Waals surface area (Å²) in [6, 6.07) is 38.9. The van der Waals surface area contributed by atoms with E-state index in [1.54, 1.807) is 0 Å². The molecule has 5 rings (SSSR count). The molecule has 5 aromatic rings. The Kier molecular flexibility index (Phi) is 7.83. The van der Waals surface area contributed by atoms with Gasteiger partial charge in [0.1, 0.15) is 5.78 Å². The van der Waals surface area contributed by atoms with Gasteiger partial charge < -0.3 is 9.05 Å². The van der Waals surface area contributed by atoms with E-state index in [1.807, 2.05) is 74.5 Å². The van der Waals surface area contributed by atoms with E-state index in [4.69, 9.17) is 9.05 Å². The molecule has 0 bridgehead atoms. The van der Waals surface area contributed by atoms with Crippen LogP contribution in [-0.2, 0) is 13.6 Å². The van der Waals surface area contributed by atoms with E-state index in [2.05, 4.69) is 59.9 Å². The number of benzene rings is 5. The summed E-state index contributed by atoms with van der Waals surface area (Å²) in [7, 11) is -3.67. The monoisotopic (exact) mass is 509 g/mol. The van der Waals surface area contributed by atoms with Gasteiger partial charge in [-0.15, -0.1) is 0 Å². The van der Waals surface area contributed by atoms with Gasteiger partial charge >= 0.3 is 7.60 Å². The van der Waals surface area contributed by atoms with Crippen LogP contribution in [0.1, 0.15) is 42.4 Å². The first-order valence-electron chi connectivity index (χ1n) is 12.8. The third kappa shape index (κ3) is 5.25. The molecule has 5 heteroatoms. The molecule has 37 heavy (non-hydrogen) atoms. The van der Waals surface area contributed by atoms with E-state index in [0.29, 0.717) is 0 Å². The maximum atomic E-state index is 14.7. The second kappa shape index (κ2) is 11.4. The first-order valence-corrected chi connectivity index (χ1v) is 14.4. The average Bonchev–Trinajstić information content (AvgIpc) is 2.94. The fraction of sp³-hybridized carbons (Fsp3) is 0.188. The lowest BCUT2D eigenvalue weighted by molar-refractivity contribution is 0.206. The SMILES string of the molecule is CCOP(=O)(OCC)C(NC(c1ccccc1)c1ccccc1)c1c2ccccc2cc2ccccc12. The fourth-order valence-electron chi connectivity index (χ4n) is 5.06. The predicted octanol–water partition coefficient (Wildman–Crippen LogP) is 8.64. The minimum Gasteiger partial charge on any atom is -0.308 e. The van der Waals surface area contributed by atoms with Gasteiger partial charge in [0.15, 0.2) is 0 Å². The van der Waals surface area contributed by atoms with Crippen LogP contribution in [0.4, 0.5) is 0 Å². The normalized spacial score (nSPS) is 12.8. The lowest BCUT2D eigenvalue weighted by atomic mass is 9.94. The number of rotatable bonds is 10. The van der Waals surface area contributed by atoms with Crippen LogP contribution in [0.2, 0.25) is 0 Å². The fourth-order valence-corrected chi connectivity index (χ4v) is 7.07. The number of nitrogens with one attached hydrogen (secondary N) is 1. The lowest BCUT2D eigenvalue weighted by Crippen LogP contribution is -2.29. The van der Waals surface area contributed by atoms with Gasteiger partial charge in [-0.2, -0.15) is 0 Å². The van der Waals surface area contributed by atoms with Crippen molar-refractivity contribution in [3.8, 4) is 0 Å². The van der Waals surface area contributed by atoms with Crippen LogP contribution < -0.4 is 5.32 Å². The Bertz CT molecular complexity index is 1420. The molecule has 5 aromatic carbocycles. The second-order valence-corrected chi connectivity index (χ2v) is 11.0. The Labute approximate surface area is 218 Å². The van der Waals surface area contributed by atoms with Gasteiger partial charge in [-0.05, 0) is 58.1 Å². The van der Waals surface area contributed by atoms with E-state index >= 15 is 0 Å². The Hall–Kier alpha value is -3.27. The Morgan fingerprint density at radius 1 is 0.649 bits per heavy atom. The predicted molar refractivity (Wildman–Crippen MR) is 153 cm³/mol. The highest BCUT2D eigenvalue weighted by atomic mass is 31.2. The molecule has 188 valence electrons. The molecule has 0 aliphatic rings. The third-order valence-corrected chi connectivity index (χ3v) is 8.89. The molecule has 0 radical (unpaired) electrons. The van der Waals surface area contributed by atoms with Crippen LogP contribution in [0.3, 0.4) is 0 Å². The van der Waals surface area contributed by atoms with E-state index in [1.165, 1.54) is 0 Å². The van der Waals surface area contributed by atoms with Crippen molar-refractivity contribution in [2.75, 3.05) is 13.2 Å². The molecular weight excluding hydrogens is 477 g/mol. The second-order valence-electron chi connectivity index (χ2n) is 8.93. The van der Waals surface area contributed by atoms with Crippen LogP contribution in [0.25, 0.3) is 21.5 Å². The van der Waals surface area contributed by atoms with Gasteiger partial charge in [0, 0.05) is 0 Å². The molecular formula is C32H32NO3P. The zero-order valence-corrected chi connectivity index (χ0v) is 22.1. The van der Waals surface area contributed by atoms with Gasteiger partial charge in [0.2, 0.25) is 0 Å². The van der Waals surface area contributed by atoms with E-state index in [0.717, 1.165) is 38.2 Å². The first kappa shape index (κ1) is 25.4. The summed E-state index contributed by atoms with van der Waals surface area (Å²) in [4.78, 5) is 0. The van der Waals surface area contributed by atoms with E-state index in [9.17, 15) is 4.57 Å². The molecule has 1 atom stereocenters. The largest absolute Gasteiger partial charge is 0.352 e. The van der Waals surface area contributed by atoms with Crippen molar-refractivity contribution >= 4 is 29.1 Å². The molecule has 0 aliphatic heterocycles. The molecule has 0 amide bonds. The molecule has 1 unspecified atom stereocenters. The van der Waals surface area contributed by atoms with E-state index in [-0.39, 0.29) is 19.3 Å².